The van der Waals surface area contributed by atoms with Gasteiger partial charge in [0, 0.05) is 65.2 Å². The van der Waals surface area contributed by atoms with Gasteiger partial charge in [0.1, 0.15) is 11.9 Å². The molecule has 180 valence electrons. The van der Waals surface area contributed by atoms with Crippen molar-refractivity contribution in [2.75, 3.05) is 5.32 Å². The molecule has 6 rings (SSSR count). The quantitative estimate of drug-likeness (QED) is 0.316. The molecule has 2 aromatic carbocycles. The number of H-pyrrole nitrogens is 1. The van der Waals surface area contributed by atoms with Gasteiger partial charge in [-0.1, -0.05) is 24.3 Å². The number of nitrogens with one attached hydrogen (secondary N) is 2. The lowest BCUT2D eigenvalue weighted by molar-refractivity contribution is -0.144. The highest BCUT2D eigenvalue weighted by atomic mass is 19.3. The topological polar surface area (TPSA) is 97.7 Å². The van der Waals surface area contributed by atoms with E-state index in [2.05, 4.69) is 25.5 Å². The van der Waals surface area contributed by atoms with E-state index in [0.717, 1.165) is 33.2 Å². The normalized spacial score (nSPS) is 14.9. The van der Waals surface area contributed by atoms with Crippen molar-refractivity contribution in [3.05, 3.63) is 79.5 Å². The van der Waals surface area contributed by atoms with E-state index in [1.165, 1.54) is 4.57 Å². The first kappa shape index (κ1) is 21.9. The van der Waals surface area contributed by atoms with E-state index in [0.29, 0.717) is 11.6 Å². The van der Waals surface area contributed by atoms with Crippen molar-refractivity contribution >= 4 is 28.4 Å². The predicted molar refractivity (Wildman–Crippen MR) is 130 cm³/mol. The van der Waals surface area contributed by atoms with Gasteiger partial charge in [-0.3, -0.25) is 9.67 Å². The largest absolute Gasteiger partial charge is 0.445 e. The van der Waals surface area contributed by atoms with E-state index in [1.54, 1.807) is 30.9 Å². The molecule has 5 aromatic rings. The molecule has 8 nitrogen and oxygen atoms in total. The van der Waals surface area contributed by atoms with Crippen molar-refractivity contribution in [1.29, 1.82) is 0 Å². The maximum Gasteiger partial charge on any atom is 0.418 e. The monoisotopic (exact) mass is 486 g/mol. The first-order chi connectivity index (χ1) is 17.4. The number of nitrogens with zero attached hydrogens (tertiary/aromatic N) is 4. The SMILES string of the molecule is O=C(OC1CC(F)(F)C1)n1cc2ccc(-c3nccc(Nc4ccc(-c5cn[nH]c5)cc4)n3)cc2c1. The van der Waals surface area contributed by atoms with Crippen molar-refractivity contribution in [1.82, 2.24) is 24.7 Å². The van der Waals surface area contributed by atoms with E-state index in [-0.39, 0.29) is 0 Å². The van der Waals surface area contributed by atoms with Gasteiger partial charge in [-0.05, 0) is 29.8 Å². The van der Waals surface area contributed by atoms with Gasteiger partial charge in [0.25, 0.3) is 5.92 Å². The van der Waals surface area contributed by atoms with Crippen LogP contribution in [-0.4, -0.2) is 42.9 Å². The first-order valence-electron chi connectivity index (χ1n) is 11.3. The number of aromatic nitrogens is 5. The van der Waals surface area contributed by atoms with Crippen LogP contribution in [0.15, 0.2) is 79.5 Å². The molecule has 0 saturated heterocycles. The number of aromatic amines is 1. The molecule has 36 heavy (non-hydrogen) atoms. The van der Waals surface area contributed by atoms with Crippen LogP contribution in [0.2, 0.25) is 0 Å². The molecule has 0 amide bonds. The Hall–Kier alpha value is -4.60. The number of anilines is 2. The molecular weight excluding hydrogens is 466 g/mol. The summed E-state index contributed by atoms with van der Waals surface area (Å²) in [7, 11) is 0. The molecule has 0 aliphatic heterocycles. The summed E-state index contributed by atoms with van der Waals surface area (Å²) < 4.78 is 32.5. The number of fused-ring (bicyclic) bond motifs is 1. The zero-order chi connectivity index (χ0) is 24.7. The Labute approximate surface area is 204 Å². The number of benzene rings is 2. The highest BCUT2D eigenvalue weighted by Gasteiger charge is 2.47. The lowest BCUT2D eigenvalue weighted by Gasteiger charge is -2.33. The maximum absolute atomic E-state index is 13.0. The van der Waals surface area contributed by atoms with E-state index >= 15 is 0 Å². The van der Waals surface area contributed by atoms with Crippen LogP contribution in [0.5, 0.6) is 0 Å². The standard InChI is InChI=1S/C26H20F2N6O2/c27-26(28)10-22(11-26)36-25(35)34-14-18-2-1-17(9-19(18)15-34)24-29-8-7-23(33-24)32-21-5-3-16(4-6-21)20-12-30-31-13-20/h1-9,12-15,22H,10-11H2,(H,30,31)(H,29,32,33). The molecule has 0 unspecified atom stereocenters. The second kappa shape index (κ2) is 8.56. The number of alkyl halides is 2. The summed E-state index contributed by atoms with van der Waals surface area (Å²) in [6.45, 7) is 0. The van der Waals surface area contributed by atoms with Crippen LogP contribution in [0, 0.1) is 0 Å². The van der Waals surface area contributed by atoms with E-state index in [9.17, 15) is 13.6 Å². The predicted octanol–water partition coefficient (Wildman–Crippen LogP) is 6.01. The van der Waals surface area contributed by atoms with Crippen molar-refractivity contribution in [2.45, 2.75) is 24.9 Å². The summed E-state index contributed by atoms with van der Waals surface area (Å²) in [4.78, 5) is 21.4. The Kier molecular flexibility index (Phi) is 5.21. The van der Waals surface area contributed by atoms with Gasteiger partial charge in [0.15, 0.2) is 5.82 Å². The summed E-state index contributed by atoms with van der Waals surface area (Å²) in [6, 6.07) is 15.3. The fraction of sp³-hybridized carbons (Fsp3) is 0.154. The van der Waals surface area contributed by atoms with Gasteiger partial charge < -0.3 is 10.1 Å². The molecule has 1 fully saturated rings. The van der Waals surface area contributed by atoms with E-state index in [4.69, 9.17) is 4.74 Å². The molecular formula is C26H20F2N6O2. The third-order valence-corrected chi connectivity index (χ3v) is 6.08. The molecule has 0 bridgehead atoms. The molecule has 2 N–H and O–H groups in total. The van der Waals surface area contributed by atoms with Crippen LogP contribution in [0.1, 0.15) is 12.8 Å². The van der Waals surface area contributed by atoms with Crippen molar-refractivity contribution in [2.24, 2.45) is 0 Å². The molecule has 0 radical (unpaired) electrons. The Balaban J connectivity index is 1.18. The van der Waals surface area contributed by atoms with Crippen molar-refractivity contribution < 1.29 is 18.3 Å². The number of rotatable bonds is 5. The molecule has 10 heteroatoms. The number of carbonyl (C=O) groups excluding carboxylic acids is 1. The van der Waals surface area contributed by atoms with Crippen LogP contribution in [0.3, 0.4) is 0 Å². The van der Waals surface area contributed by atoms with Crippen LogP contribution in [0.4, 0.5) is 25.1 Å². The fourth-order valence-corrected chi connectivity index (χ4v) is 4.15. The average molecular weight is 486 g/mol. The zero-order valence-electron chi connectivity index (χ0n) is 18.9. The molecule has 1 aliphatic carbocycles. The van der Waals surface area contributed by atoms with Crippen LogP contribution < -0.4 is 5.32 Å². The van der Waals surface area contributed by atoms with Gasteiger partial charge in [0.05, 0.1) is 6.20 Å². The molecule has 1 aliphatic rings. The van der Waals surface area contributed by atoms with Crippen molar-refractivity contribution in [3.8, 4) is 22.5 Å². The second-order valence-corrected chi connectivity index (χ2v) is 8.73. The Bertz CT molecular complexity index is 1540. The van der Waals surface area contributed by atoms with Gasteiger partial charge in [-0.25, -0.2) is 23.5 Å². The number of halogens is 2. The average Bonchev–Trinajstić information content (AvgIpc) is 3.53. The Morgan fingerprint density at radius 3 is 2.56 bits per heavy atom. The van der Waals surface area contributed by atoms with Crippen LogP contribution in [0.25, 0.3) is 33.3 Å². The van der Waals surface area contributed by atoms with Crippen molar-refractivity contribution in [3.63, 3.8) is 0 Å². The van der Waals surface area contributed by atoms with E-state index < -0.39 is 31.0 Å². The smallest absolute Gasteiger partial charge is 0.418 e. The summed E-state index contributed by atoms with van der Waals surface area (Å²) in [5.74, 6) is -1.59. The van der Waals surface area contributed by atoms with E-state index in [1.807, 2.05) is 48.7 Å². The van der Waals surface area contributed by atoms with Crippen LogP contribution >= 0.6 is 0 Å². The minimum absolute atomic E-state index is 0.431. The number of hydrogen-bond acceptors (Lipinski definition) is 6. The Morgan fingerprint density at radius 1 is 1.03 bits per heavy atom. The van der Waals surface area contributed by atoms with Gasteiger partial charge in [-0.15, -0.1) is 0 Å². The minimum atomic E-state index is -2.74. The minimum Gasteiger partial charge on any atom is -0.445 e. The van der Waals surface area contributed by atoms with Gasteiger partial charge in [-0.2, -0.15) is 5.10 Å². The molecule has 0 spiro atoms. The van der Waals surface area contributed by atoms with Crippen LogP contribution in [-0.2, 0) is 4.74 Å². The third-order valence-electron chi connectivity index (χ3n) is 6.08. The summed E-state index contributed by atoms with van der Waals surface area (Å²) in [5, 5.41) is 11.6. The zero-order valence-corrected chi connectivity index (χ0v) is 18.9. The maximum atomic E-state index is 13.0. The van der Waals surface area contributed by atoms with Gasteiger partial charge in [0.2, 0.25) is 0 Å². The number of ether oxygens (including phenoxy) is 1. The lowest BCUT2D eigenvalue weighted by Crippen LogP contribution is -2.42. The lowest BCUT2D eigenvalue weighted by atomic mass is 9.91. The third kappa shape index (κ3) is 4.40. The highest BCUT2D eigenvalue weighted by molar-refractivity contribution is 5.90. The number of hydrogen-bond donors (Lipinski definition) is 2. The molecule has 0 atom stereocenters. The Morgan fingerprint density at radius 2 is 1.81 bits per heavy atom. The highest BCUT2D eigenvalue weighted by Crippen LogP contribution is 2.39. The number of carbonyl (C=O) groups is 1. The van der Waals surface area contributed by atoms with Gasteiger partial charge >= 0.3 is 6.09 Å². The molecule has 1 saturated carbocycles. The second-order valence-electron chi connectivity index (χ2n) is 8.73. The molecule has 3 heterocycles. The molecule has 3 aromatic heterocycles. The first-order valence-corrected chi connectivity index (χ1v) is 11.3. The fourth-order valence-electron chi connectivity index (χ4n) is 4.15. The summed E-state index contributed by atoms with van der Waals surface area (Å²) in [6.07, 6.45) is 6.22. The summed E-state index contributed by atoms with van der Waals surface area (Å²) in [5.41, 5.74) is 3.70. The summed E-state index contributed by atoms with van der Waals surface area (Å²) >= 11 is 0.